The minimum absolute atomic E-state index is 0.253. The number of piperazine rings is 1. The van der Waals surface area contributed by atoms with Crippen molar-refractivity contribution in [3.63, 3.8) is 0 Å². The van der Waals surface area contributed by atoms with Crippen LogP contribution in [0.2, 0.25) is 0 Å². The number of anilines is 1. The molecule has 0 saturated carbocycles. The molecule has 0 radical (unpaired) electrons. The number of esters is 1. The third-order valence-electron chi connectivity index (χ3n) is 4.26. The van der Waals surface area contributed by atoms with Crippen molar-refractivity contribution in [2.75, 3.05) is 37.7 Å². The third kappa shape index (κ3) is 4.35. The number of hydrogen-bond acceptors (Lipinski definition) is 7. The highest BCUT2D eigenvalue weighted by Crippen LogP contribution is 2.20. The zero-order valence-electron chi connectivity index (χ0n) is 17.1. The minimum atomic E-state index is -0.515. The van der Waals surface area contributed by atoms with Gasteiger partial charge in [0, 0.05) is 44.1 Å². The van der Waals surface area contributed by atoms with Crippen molar-refractivity contribution in [3.05, 3.63) is 23.7 Å². The number of ether oxygens (including phenoxy) is 2. The summed E-state index contributed by atoms with van der Waals surface area (Å²) in [4.78, 5) is 37.1. The summed E-state index contributed by atoms with van der Waals surface area (Å²) in [5.41, 5.74) is 1.18. The van der Waals surface area contributed by atoms with E-state index in [1.165, 1.54) is 0 Å². The molecule has 1 amide bonds. The van der Waals surface area contributed by atoms with Crippen LogP contribution in [-0.2, 0) is 9.47 Å². The van der Waals surface area contributed by atoms with Crippen molar-refractivity contribution in [3.8, 4) is 0 Å². The molecule has 1 aliphatic rings. The van der Waals surface area contributed by atoms with Crippen molar-refractivity contribution in [1.29, 1.82) is 0 Å². The van der Waals surface area contributed by atoms with Gasteiger partial charge in [-0.1, -0.05) is 0 Å². The number of hydrogen-bond donors (Lipinski definition) is 0. The first-order chi connectivity index (χ1) is 13.2. The van der Waals surface area contributed by atoms with Crippen LogP contribution in [0, 0.1) is 6.92 Å². The van der Waals surface area contributed by atoms with Gasteiger partial charge in [0.1, 0.15) is 11.2 Å². The maximum Gasteiger partial charge on any atom is 0.410 e. The molecule has 0 spiro atoms. The standard InChI is InChI=1S/C19H27N5O4/c1-6-27-16(25)14-12-24-15(21-14)11-13(2)20-17(24)22-7-9-23(10-8-22)18(26)28-19(3,4)5/h11-12H,6-10H2,1-5H3. The fourth-order valence-electron chi connectivity index (χ4n) is 3.03. The molecule has 0 N–H and O–H groups in total. The highest BCUT2D eigenvalue weighted by Gasteiger charge is 2.27. The number of nitrogens with zero attached hydrogens (tertiary/aromatic N) is 5. The molecule has 1 saturated heterocycles. The van der Waals surface area contributed by atoms with Crippen molar-refractivity contribution >= 4 is 23.7 Å². The van der Waals surface area contributed by atoms with Crippen molar-refractivity contribution < 1.29 is 19.1 Å². The van der Waals surface area contributed by atoms with Gasteiger partial charge in [0.25, 0.3) is 0 Å². The summed E-state index contributed by atoms with van der Waals surface area (Å²) in [5, 5.41) is 0. The lowest BCUT2D eigenvalue weighted by Gasteiger charge is -2.36. The van der Waals surface area contributed by atoms with Crippen LogP contribution in [0.15, 0.2) is 12.3 Å². The summed E-state index contributed by atoms with van der Waals surface area (Å²) >= 11 is 0. The Kier molecular flexibility index (Phi) is 5.44. The molecule has 9 nitrogen and oxygen atoms in total. The Morgan fingerprint density at radius 1 is 1.14 bits per heavy atom. The lowest BCUT2D eigenvalue weighted by Crippen LogP contribution is -2.50. The van der Waals surface area contributed by atoms with Crippen LogP contribution in [0.5, 0.6) is 0 Å². The van der Waals surface area contributed by atoms with Crippen LogP contribution < -0.4 is 4.90 Å². The molecule has 1 aliphatic heterocycles. The molecule has 0 aliphatic carbocycles. The van der Waals surface area contributed by atoms with Crippen LogP contribution >= 0.6 is 0 Å². The molecule has 152 valence electrons. The maximum atomic E-state index is 12.3. The lowest BCUT2D eigenvalue weighted by molar-refractivity contribution is 0.0239. The van der Waals surface area contributed by atoms with Gasteiger partial charge >= 0.3 is 12.1 Å². The number of aryl methyl sites for hydroxylation is 1. The molecular formula is C19H27N5O4. The van der Waals surface area contributed by atoms with Gasteiger partial charge in [0.2, 0.25) is 5.95 Å². The number of imidazole rings is 1. The Balaban J connectivity index is 1.79. The molecule has 9 heteroatoms. The van der Waals surface area contributed by atoms with Crippen molar-refractivity contribution in [1.82, 2.24) is 19.3 Å². The van der Waals surface area contributed by atoms with E-state index in [0.29, 0.717) is 44.4 Å². The first-order valence-corrected chi connectivity index (χ1v) is 9.44. The second kappa shape index (κ2) is 7.65. The van der Waals surface area contributed by atoms with Gasteiger partial charge < -0.3 is 19.3 Å². The SMILES string of the molecule is CCOC(=O)c1cn2c(N3CCN(C(=O)OC(C)(C)C)CC3)nc(C)cc2n1. The van der Waals surface area contributed by atoms with E-state index >= 15 is 0 Å². The number of carbonyl (C=O) groups excluding carboxylic acids is 2. The predicted molar refractivity (Wildman–Crippen MR) is 104 cm³/mol. The van der Waals surface area contributed by atoms with Crippen molar-refractivity contribution in [2.24, 2.45) is 0 Å². The van der Waals surface area contributed by atoms with E-state index in [9.17, 15) is 9.59 Å². The molecule has 3 rings (SSSR count). The lowest BCUT2D eigenvalue weighted by atomic mass is 10.2. The molecular weight excluding hydrogens is 362 g/mol. The summed E-state index contributed by atoms with van der Waals surface area (Å²) in [7, 11) is 0. The fraction of sp³-hybridized carbons (Fsp3) is 0.579. The maximum absolute atomic E-state index is 12.3. The number of aromatic nitrogens is 3. The van der Waals surface area contributed by atoms with Crippen LogP contribution in [0.3, 0.4) is 0 Å². The molecule has 0 unspecified atom stereocenters. The van der Waals surface area contributed by atoms with E-state index in [-0.39, 0.29) is 11.8 Å². The van der Waals surface area contributed by atoms with E-state index < -0.39 is 11.6 Å². The average molecular weight is 389 g/mol. The van der Waals surface area contributed by atoms with E-state index in [1.807, 2.05) is 33.8 Å². The van der Waals surface area contributed by atoms with Crippen LogP contribution in [0.25, 0.3) is 5.65 Å². The Morgan fingerprint density at radius 3 is 2.43 bits per heavy atom. The van der Waals surface area contributed by atoms with Crippen molar-refractivity contribution in [2.45, 2.75) is 40.2 Å². The first-order valence-electron chi connectivity index (χ1n) is 9.44. The summed E-state index contributed by atoms with van der Waals surface area (Å²) in [6.45, 7) is 11.8. The summed E-state index contributed by atoms with van der Waals surface area (Å²) in [6.07, 6.45) is 1.34. The average Bonchev–Trinajstić information content (AvgIpc) is 3.04. The number of rotatable bonds is 3. The van der Waals surface area contributed by atoms with E-state index in [2.05, 4.69) is 14.9 Å². The first kappa shape index (κ1) is 19.9. The molecule has 1 fully saturated rings. The molecule has 2 aromatic heterocycles. The molecule has 3 heterocycles. The second-order valence-corrected chi connectivity index (χ2v) is 7.73. The van der Waals surface area contributed by atoms with E-state index in [1.54, 1.807) is 22.4 Å². The largest absolute Gasteiger partial charge is 0.461 e. The van der Waals surface area contributed by atoms with Gasteiger partial charge in [-0.05, 0) is 34.6 Å². The Bertz CT molecular complexity index is 878. The summed E-state index contributed by atoms with van der Waals surface area (Å²) in [5.74, 6) is 0.242. The Labute approximate surface area is 164 Å². The normalized spacial score (nSPS) is 15.0. The molecule has 0 atom stereocenters. The van der Waals surface area contributed by atoms with Crippen LogP contribution in [-0.4, -0.2) is 69.7 Å². The zero-order valence-corrected chi connectivity index (χ0v) is 17.1. The number of fused-ring (bicyclic) bond motifs is 1. The minimum Gasteiger partial charge on any atom is -0.461 e. The van der Waals surface area contributed by atoms with Gasteiger partial charge in [-0.2, -0.15) is 0 Å². The number of carbonyl (C=O) groups is 2. The fourth-order valence-corrected chi connectivity index (χ4v) is 3.03. The monoisotopic (exact) mass is 389 g/mol. The Hall–Kier alpha value is -2.84. The predicted octanol–water partition coefficient (Wildman–Crippen LogP) is 2.27. The number of amides is 1. The molecule has 28 heavy (non-hydrogen) atoms. The van der Waals surface area contributed by atoms with Gasteiger partial charge in [-0.15, -0.1) is 0 Å². The smallest absolute Gasteiger partial charge is 0.410 e. The van der Waals surface area contributed by atoms with E-state index in [4.69, 9.17) is 9.47 Å². The molecule has 0 bridgehead atoms. The quantitative estimate of drug-likeness (QED) is 0.744. The second-order valence-electron chi connectivity index (χ2n) is 7.73. The van der Waals surface area contributed by atoms with Gasteiger partial charge in [-0.25, -0.2) is 19.6 Å². The van der Waals surface area contributed by atoms with Crippen LogP contribution in [0.1, 0.15) is 43.9 Å². The van der Waals surface area contributed by atoms with Gasteiger partial charge in [0.05, 0.1) is 6.61 Å². The van der Waals surface area contributed by atoms with Gasteiger partial charge in [-0.3, -0.25) is 4.40 Å². The highest BCUT2D eigenvalue weighted by atomic mass is 16.6. The third-order valence-corrected chi connectivity index (χ3v) is 4.26. The molecule has 0 aromatic carbocycles. The Morgan fingerprint density at radius 2 is 1.82 bits per heavy atom. The topological polar surface area (TPSA) is 89.3 Å². The van der Waals surface area contributed by atoms with E-state index in [0.717, 1.165) is 5.69 Å². The highest BCUT2D eigenvalue weighted by molar-refractivity contribution is 5.88. The van der Waals surface area contributed by atoms with Gasteiger partial charge in [0.15, 0.2) is 5.69 Å². The molecule has 2 aromatic rings. The summed E-state index contributed by atoms with van der Waals surface area (Å²) in [6, 6.07) is 1.82. The zero-order chi connectivity index (χ0) is 20.5. The summed E-state index contributed by atoms with van der Waals surface area (Å²) < 4.78 is 12.3. The van der Waals surface area contributed by atoms with Crippen LogP contribution in [0.4, 0.5) is 10.7 Å².